The Hall–Kier alpha value is -1.88. The van der Waals surface area contributed by atoms with Crippen molar-refractivity contribution < 1.29 is 9.59 Å². The summed E-state index contributed by atoms with van der Waals surface area (Å²) in [4.78, 5) is 22.8. The molecule has 0 fully saturated rings. The van der Waals surface area contributed by atoms with E-state index in [-0.39, 0.29) is 12.3 Å². The Labute approximate surface area is 123 Å². The van der Waals surface area contributed by atoms with E-state index in [1.165, 1.54) is 6.21 Å². The molecule has 0 spiro atoms. The molecule has 2 N–H and O–H groups in total. The Bertz CT molecular complexity index is 501. The fourth-order valence-electron chi connectivity index (χ4n) is 1.33. The molecule has 0 aliphatic carbocycles. The van der Waals surface area contributed by atoms with Gasteiger partial charge in [-0.1, -0.05) is 37.6 Å². The highest BCUT2D eigenvalue weighted by atomic mass is 35.5. The van der Waals surface area contributed by atoms with Crippen LogP contribution in [-0.2, 0) is 9.59 Å². The van der Waals surface area contributed by atoms with Crippen LogP contribution in [0, 0.1) is 5.92 Å². The Morgan fingerprint density at radius 3 is 2.75 bits per heavy atom. The van der Waals surface area contributed by atoms with Crippen LogP contribution >= 0.6 is 11.6 Å². The number of nitrogens with one attached hydrogen (secondary N) is 2. The second kappa shape index (κ2) is 8.32. The molecular weight excluding hydrogens is 278 g/mol. The summed E-state index contributed by atoms with van der Waals surface area (Å²) in [5.41, 5.74) is 3.06. The maximum absolute atomic E-state index is 11.4. The maximum Gasteiger partial charge on any atom is 0.249 e. The lowest BCUT2D eigenvalue weighted by Gasteiger charge is -2.06. The molecule has 1 aromatic carbocycles. The van der Waals surface area contributed by atoms with Gasteiger partial charge in [0.1, 0.15) is 6.42 Å². The quantitative estimate of drug-likeness (QED) is 0.478. The molecule has 0 saturated heterocycles. The molecule has 0 aromatic heterocycles. The molecule has 5 nitrogen and oxygen atoms in total. The lowest BCUT2D eigenvalue weighted by Crippen LogP contribution is -2.32. The van der Waals surface area contributed by atoms with E-state index >= 15 is 0 Å². The van der Waals surface area contributed by atoms with Crippen LogP contribution in [0.3, 0.4) is 0 Å². The van der Waals surface area contributed by atoms with Crippen molar-refractivity contribution in [3.8, 4) is 0 Å². The number of hydrogen-bond acceptors (Lipinski definition) is 3. The highest BCUT2D eigenvalue weighted by Gasteiger charge is 2.08. The number of carbonyl (C=O) groups is 2. The summed E-state index contributed by atoms with van der Waals surface area (Å²) in [7, 11) is 0. The molecule has 1 rings (SSSR count). The van der Waals surface area contributed by atoms with Crippen LogP contribution in [0.2, 0.25) is 5.02 Å². The summed E-state index contributed by atoms with van der Waals surface area (Å²) in [5.74, 6) is -0.415. The third-order valence-electron chi connectivity index (χ3n) is 2.28. The molecule has 0 bridgehead atoms. The van der Waals surface area contributed by atoms with Crippen LogP contribution < -0.4 is 10.7 Å². The van der Waals surface area contributed by atoms with Crippen molar-refractivity contribution in [3.05, 3.63) is 34.9 Å². The normalized spacial score (nSPS) is 10.8. The molecule has 20 heavy (non-hydrogen) atoms. The summed E-state index contributed by atoms with van der Waals surface area (Å²) >= 11 is 5.81. The van der Waals surface area contributed by atoms with Gasteiger partial charge in [0.05, 0.1) is 6.21 Å². The third kappa shape index (κ3) is 6.89. The average molecular weight is 296 g/mol. The van der Waals surface area contributed by atoms with Gasteiger partial charge in [-0.2, -0.15) is 5.10 Å². The predicted octanol–water partition coefficient (Wildman–Crippen LogP) is 1.95. The van der Waals surface area contributed by atoms with Crippen LogP contribution in [0.25, 0.3) is 0 Å². The van der Waals surface area contributed by atoms with E-state index in [0.717, 1.165) is 5.56 Å². The molecule has 0 atom stereocenters. The maximum atomic E-state index is 11.4. The number of rotatable bonds is 6. The summed E-state index contributed by atoms with van der Waals surface area (Å²) in [6, 6.07) is 7.05. The molecule has 0 aliphatic heterocycles. The van der Waals surface area contributed by atoms with Crippen molar-refractivity contribution in [1.29, 1.82) is 0 Å². The number of amides is 2. The molecule has 0 unspecified atom stereocenters. The predicted molar refractivity (Wildman–Crippen MR) is 79.7 cm³/mol. The molecule has 0 saturated carbocycles. The number of hydrogen-bond donors (Lipinski definition) is 2. The topological polar surface area (TPSA) is 70.6 Å². The van der Waals surface area contributed by atoms with Crippen molar-refractivity contribution in [2.24, 2.45) is 11.0 Å². The van der Waals surface area contributed by atoms with Crippen LogP contribution in [0.1, 0.15) is 25.8 Å². The summed E-state index contributed by atoms with van der Waals surface area (Å²) in [6.45, 7) is 4.52. The van der Waals surface area contributed by atoms with Crippen molar-refractivity contribution >= 4 is 29.6 Å². The first kappa shape index (κ1) is 16.2. The summed E-state index contributed by atoms with van der Waals surface area (Å²) in [5, 5.41) is 7.02. The van der Waals surface area contributed by atoms with Gasteiger partial charge in [-0.15, -0.1) is 0 Å². The number of benzene rings is 1. The summed E-state index contributed by atoms with van der Waals surface area (Å²) in [6.07, 6.45) is 1.23. The third-order valence-corrected chi connectivity index (χ3v) is 2.52. The Morgan fingerprint density at radius 2 is 2.10 bits per heavy atom. The Kier molecular flexibility index (Phi) is 6.73. The monoisotopic (exact) mass is 295 g/mol. The van der Waals surface area contributed by atoms with Crippen LogP contribution in [0.15, 0.2) is 29.4 Å². The molecule has 6 heteroatoms. The van der Waals surface area contributed by atoms with Crippen LogP contribution in [0.4, 0.5) is 0 Å². The van der Waals surface area contributed by atoms with Gasteiger partial charge in [0.15, 0.2) is 0 Å². The molecule has 108 valence electrons. The lowest BCUT2D eigenvalue weighted by molar-refractivity contribution is -0.129. The second-order valence-electron chi connectivity index (χ2n) is 4.72. The zero-order chi connectivity index (χ0) is 15.0. The van der Waals surface area contributed by atoms with Gasteiger partial charge in [0, 0.05) is 11.6 Å². The van der Waals surface area contributed by atoms with E-state index in [1.807, 2.05) is 13.8 Å². The minimum atomic E-state index is -0.454. The zero-order valence-corrected chi connectivity index (χ0v) is 12.3. The van der Waals surface area contributed by atoms with Crippen molar-refractivity contribution in [1.82, 2.24) is 10.7 Å². The number of carbonyl (C=O) groups excluding carboxylic acids is 2. The van der Waals surface area contributed by atoms with Gasteiger partial charge in [0.25, 0.3) is 0 Å². The van der Waals surface area contributed by atoms with Crippen LogP contribution in [-0.4, -0.2) is 24.6 Å². The highest BCUT2D eigenvalue weighted by Crippen LogP contribution is 2.08. The van der Waals surface area contributed by atoms with E-state index in [2.05, 4.69) is 15.8 Å². The van der Waals surface area contributed by atoms with Gasteiger partial charge in [-0.05, 0) is 23.6 Å². The SMILES string of the molecule is CC(C)CNC(=O)CC(=O)NN=Cc1cccc(Cl)c1. The zero-order valence-electron chi connectivity index (χ0n) is 11.5. The molecule has 0 radical (unpaired) electrons. The van der Waals surface area contributed by atoms with E-state index in [9.17, 15) is 9.59 Å². The first-order valence-corrected chi connectivity index (χ1v) is 6.69. The van der Waals surface area contributed by atoms with Crippen molar-refractivity contribution in [3.63, 3.8) is 0 Å². The Morgan fingerprint density at radius 1 is 1.35 bits per heavy atom. The number of nitrogens with zero attached hydrogens (tertiary/aromatic N) is 1. The largest absolute Gasteiger partial charge is 0.355 e. The Balaban J connectivity index is 2.34. The molecule has 2 amide bonds. The van der Waals surface area contributed by atoms with Gasteiger partial charge < -0.3 is 5.32 Å². The standard InChI is InChI=1S/C14H18ClN3O2/c1-10(2)8-16-13(19)7-14(20)18-17-9-11-4-3-5-12(15)6-11/h3-6,9-10H,7-8H2,1-2H3,(H,16,19)(H,18,20). The average Bonchev–Trinajstić information content (AvgIpc) is 2.36. The fourth-order valence-corrected chi connectivity index (χ4v) is 1.53. The van der Waals surface area contributed by atoms with Gasteiger partial charge in [-0.25, -0.2) is 5.43 Å². The lowest BCUT2D eigenvalue weighted by atomic mass is 10.2. The van der Waals surface area contributed by atoms with E-state index in [4.69, 9.17) is 11.6 Å². The van der Waals surface area contributed by atoms with E-state index in [1.54, 1.807) is 24.3 Å². The second-order valence-corrected chi connectivity index (χ2v) is 5.16. The fraction of sp³-hybridized carbons (Fsp3) is 0.357. The molecule has 1 aromatic rings. The van der Waals surface area contributed by atoms with Gasteiger partial charge in [-0.3, -0.25) is 9.59 Å². The van der Waals surface area contributed by atoms with E-state index < -0.39 is 5.91 Å². The summed E-state index contributed by atoms with van der Waals surface area (Å²) < 4.78 is 0. The molecule has 0 heterocycles. The van der Waals surface area contributed by atoms with Gasteiger partial charge in [0.2, 0.25) is 11.8 Å². The first-order chi connectivity index (χ1) is 9.47. The molecule has 0 aliphatic rings. The van der Waals surface area contributed by atoms with Crippen LogP contribution in [0.5, 0.6) is 0 Å². The van der Waals surface area contributed by atoms with Crippen molar-refractivity contribution in [2.45, 2.75) is 20.3 Å². The van der Waals surface area contributed by atoms with Crippen molar-refractivity contribution in [2.75, 3.05) is 6.54 Å². The minimum absolute atomic E-state index is 0.237. The van der Waals surface area contributed by atoms with E-state index in [0.29, 0.717) is 17.5 Å². The smallest absolute Gasteiger partial charge is 0.249 e. The molecular formula is C14H18ClN3O2. The number of hydrazone groups is 1. The minimum Gasteiger partial charge on any atom is -0.355 e. The number of halogens is 1. The first-order valence-electron chi connectivity index (χ1n) is 6.31. The van der Waals surface area contributed by atoms with Gasteiger partial charge >= 0.3 is 0 Å². The highest BCUT2D eigenvalue weighted by molar-refractivity contribution is 6.30.